The van der Waals surface area contributed by atoms with Crippen molar-refractivity contribution in [1.29, 1.82) is 0 Å². The molecule has 3 heterocycles. The van der Waals surface area contributed by atoms with Crippen molar-refractivity contribution in [2.45, 2.75) is 20.8 Å². The Morgan fingerprint density at radius 3 is 1.92 bits per heavy atom. The van der Waals surface area contributed by atoms with Crippen molar-refractivity contribution in [2.75, 3.05) is 21.3 Å². The topological polar surface area (TPSA) is 132 Å². The number of nitrogens with zero attached hydrogens (tertiary/aromatic N) is 3. The second-order valence-corrected chi connectivity index (χ2v) is 7.78. The highest BCUT2D eigenvalue weighted by Crippen LogP contribution is 2.14. The highest BCUT2D eigenvalue weighted by Gasteiger charge is 2.15. The SMILES string of the molecule is COC(=O)c1cc(Cl)c(C)cn1.COC(=O)c1ccc(C)c(Cl)n1.COC(=O)c1ccc(C)c[n+]1[O-]. The van der Waals surface area contributed by atoms with Crippen LogP contribution in [-0.2, 0) is 14.2 Å². The molecule has 0 saturated heterocycles. The zero-order valence-electron chi connectivity index (χ0n) is 20.5. The van der Waals surface area contributed by atoms with E-state index in [-0.39, 0.29) is 17.1 Å². The number of hydrogen-bond donors (Lipinski definition) is 0. The maximum Gasteiger partial charge on any atom is 0.404 e. The van der Waals surface area contributed by atoms with Crippen LogP contribution in [0.4, 0.5) is 0 Å². The summed E-state index contributed by atoms with van der Waals surface area (Å²) in [4.78, 5) is 40.5. The van der Waals surface area contributed by atoms with Crippen molar-refractivity contribution in [2.24, 2.45) is 0 Å². The highest BCUT2D eigenvalue weighted by atomic mass is 35.5. The van der Waals surface area contributed by atoms with Crippen LogP contribution in [-0.4, -0.2) is 49.2 Å². The number of carbonyl (C=O) groups excluding carboxylic acids is 3. The second-order valence-electron chi connectivity index (χ2n) is 7.02. The third-order valence-corrected chi connectivity index (χ3v) is 5.11. The average molecular weight is 538 g/mol. The Kier molecular flexibility index (Phi) is 12.3. The van der Waals surface area contributed by atoms with E-state index in [1.54, 1.807) is 25.1 Å². The Labute approximate surface area is 218 Å². The van der Waals surface area contributed by atoms with Crippen LogP contribution in [0.25, 0.3) is 0 Å². The predicted octanol–water partition coefficient (Wildman–Crippen LogP) is 4.08. The van der Waals surface area contributed by atoms with Gasteiger partial charge in [0.2, 0.25) is 0 Å². The molecule has 3 aromatic heterocycles. The minimum atomic E-state index is -0.620. The molecule has 0 aliphatic rings. The summed E-state index contributed by atoms with van der Waals surface area (Å²) in [6, 6.07) is 7.91. The Balaban J connectivity index is 0.000000270. The van der Waals surface area contributed by atoms with E-state index in [2.05, 4.69) is 24.2 Å². The van der Waals surface area contributed by atoms with Gasteiger partial charge in [0.05, 0.1) is 21.3 Å². The lowest BCUT2D eigenvalue weighted by molar-refractivity contribution is -0.608. The number of ether oxygens (including phenoxy) is 3. The first kappa shape index (κ1) is 30.3. The average Bonchev–Trinajstić information content (AvgIpc) is 2.86. The van der Waals surface area contributed by atoms with Gasteiger partial charge in [-0.25, -0.2) is 24.4 Å². The lowest BCUT2D eigenvalue weighted by atomic mass is 10.3. The van der Waals surface area contributed by atoms with Gasteiger partial charge >= 0.3 is 23.6 Å². The van der Waals surface area contributed by atoms with Gasteiger partial charge in [0.1, 0.15) is 16.5 Å². The largest absolute Gasteiger partial charge is 0.618 e. The molecule has 0 atom stereocenters. The summed E-state index contributed by atoms with van der Waals surface area (Å²) in [5, 5.41) is 11.9. The molecule has 12 heteroatoms. The van der Waals surface area contributed by atoms with E-state index in [4.69, 9.17) is 23.2 Å². The van der Waals surface area contributed by atoms with Crippen molar-refractivity contribution in [3.8, 4) is 0 Å². The lowest BCUT2D eigenvalue weighted by Crippen LogP contribution is -2.34. The predicted molar refractivity (Wildman–Crippen MR) is 132 cm³/mol. The molecule has 0 saturated carbocycles. The molecular formula is C24H25Cl2N3O7. The smallest absolute Gasteiger partial charge is 0.404 e. The summed E-state index contributed by atoms with van der Waals surface area (Å²) in [5.41, 5.74) is 2.94. The monoisotopic (exact) mass is 537 g/mol. The number of pyridine rings is 3. The van der Waals surface area contributed by atoms with E-state index in [0.717, 1.165) is 16.7 Å². The molecule has 0 amide bonds. The summed E-state index contributed by atoms with van der Waals surface area (Å²) in [5.74, 6) is -1.57. The standard InChI is InChI=1S/2C8H8ClNO2.C8H9NO3/c1-5-4-10-7(3-6(5)9)8(11)12-2;1-5-3-4-6(8(11)12-2)10-7(5)9;1-6-3-4-7(8(10)12-2)9(11)5-6/h2*3-4H,1-2H3;3-5H,1-2H3. The molecule has 3 rings (SSSR count). The van der Waals surface area contributed by atoms with Crippen LogP contribution in [0.2, 0.25) is 10.2 Å². The maximum atomic E-state index is 11.1. The minimum absolute atomic E-state index is 0.00287. The number of carbonyl (C=O) groups is 3. The van der Waals surface area contributed by atoms with Crippen LogP contribution in [0.3, 0.4) is 0 Å². The van der Waals surface area contributed by atoms with E-state index in [1.807, 2.05) is 13.8 Å². The Morgan fingerprint density at radius 1 is 0.833 bits per heavy atom. The van der Waals surface area contributed by atoms with Crippen molar-refractivity contribution < 1.29 is 33.3 Å². The third-order valence-electron chi connectivity index (χ3n) is 4.32. The summed E-state index contributed by atoms with van der Waals surface area (Å²) < 4.78 is 13.8. The first-order valence-electron chi connectivity index (χ1n) is 10.1. The van der Waals surface area contributed by atoms with Crippen LogP contribution in [0.1, 0.15) is 48.2 Å². The van der Waals surface area contributed by atoms with Gasteiger partial charge in [0, 0.05) is 22.8 Å². The third kappa shape index (κ3) is 9.12. The van der Waals surface area contributed by atoms with Crippen LogP contribution in [0, 0.1) is 26.0 Å². The number of hydrogen-bond acceptors (Lipinski definition) is 9. The highest BCUT2D eigenvalue weighted by molar-refractivity contribution is 6.31. The molecule has 0 bridgehead atoms. The maximum absolute atomic E-state index is 11.1. The zero-order chi connectivity index (χ0) is 27.4. The van der Waals surface area contributed by atoms with Crippen molar-refractivity contribution in [1.82, 2.24) is 9.97 Å². The van der Waals surface area contributed by atoms with Gasteiger partial charge in [0.25, 0.3) is 0 Å². The van der Waals surface area contributed by atoms with Crippen LogP contribution < -0.4 is 4.73 Å². The number of rotatable bonds is 3. The molecule has 3 aromatic rings. The molecule has 192 valence electrons. The molecule has 10 nitrogen and oxygen atoms in total. The molecule has 0 fully saturated rings. The number of halogens is 2. The fraction of sp³-hybridized carbons (Fsp3) is 0.250. The van der Waals surface area contributed by atoms with E-state index in [1.165, 1.54) is 45.9 Å². The van der Waals surface area contributed by atoms with E-state index in [9.17, 15) is 19.6 Å². The van der Waals surface area contributed by atoms with E-state index < -0.39 is 17.9 Å². The van der Waals surface area contributed by atoms with E-state index >= 15 is 0 Å². The van der Waals surface area contributed by atoms with Gasteiger partial charge < -0.3 is 19.4 Å². The quantitative estimate of drug-likeness (QED) is 0.159. The fourth-order valence-electron chi connectivity index (χ4n) is 2.28. The van der Waals surface area contributed by atoms with Crippen LogP contribution in [0.15, 0.2) is 42.7 Å². The van der Waals surface area contributed by atoms with Gasteiger partial charge in [0.15, 0.2) is 6.20 Å². The van der Waals surface area contributed by atoms with Gasteiger partial charge in [-0.05, 0) is 50.1 Å². The minimum Gasteiger partial charge on any atom is -0.618 e. The number of aryl methyl sites for hydroxylation is 3. The molecule has 0 N–H and O–H groups in total. The fourth-order valence-corrected chi connectivity index (χ4v) is 2.59. The number of methoxy groups -OCH3 is 3. The Bertz CT molecular complexity index is 1170. The summed E-state index contributed by atoms with van der Waals surface area (Å²) in [6.45, 7) is 5.41. The summed E-state index contributed by atoms with van der Waals surface area (Å²) in [6.07, 6.45) is 2.86. The van der Waals surface area contributed by atoms with Gasteiger partial charge in [-0.2, -0.15) is 4.73 Å². The zero-order valence-corrected chi connectivity index (χ0v) is 22.0. The number of esters is 3. The summed E-state index contributed by atoms with van der Waals surface area (Å²) >= 11 is 11.5. The van der Waals surface area contributed by atoms with Crippen LogP contribution in [0.5, 0.6) is 0 Å². The first-order chi connectivity index (χ1) is 16.9. The summed E-state index contributed by atoms with van der Waals surface area (Å²) in [7, 11) is 3.84. The molecule has 0 aliphatic carbocycles. The van der Waals surface area contributed by atoms with Crippen molar-refractivity contribution in [3.63, 3.8) is 0 Å². The first-order valence-corrected chi connectivity index (χ1v) is 10.9. The normalized spacial score (nSPS) is 9.56. The van der Waals surface area contributed by atoms with Crippen molar-refractivity contribution in [3.05, 3.63) is 91.9 Å². The Morgan fingerprint density at radius 2 is 1.42 bits per heavy atom. The molecule has 36 heavy (non-hydrogen) atoms. The van der Waals surface area contributed by atoms with E-state index in [0.29, 0.717) is 14.9 Å². The van der Waals surface area contributed by atoms with Gasteiger partial charge in [-0.3, -0.25) is 0 Å². The molecular weight excluding hydrogens is 513 g/mol. The molecule has 0 spiro atoms. The number of aromatic nitrogens is 3. The molecule has 0 aromatic carbocycles. The molecule has 0 radical (unpaired) electrons. The van der Waals surface area contributed by atoms with Gasteiger partial charge in [-0.15, -0.1) is 0 Å². The van der Waals surface area contributed by atoms with Crippen LogP contribution >= 0.6 is 23.2 Å². The Hall–Kier alpha value is -3.76. The molecule has 0 unspecified atom stereocenters. The van der Waals surface area contributed by atoms with Crippen molar-refractivity contribution >= 4 is 41.1 Å². The lowest BCUT2D eigenvalue weighted by Gasteiger charge is -2.02. The second kappa shape index (κ2) is 14.6. The molecule has 0 aliphatic heterocycles. The van der Waals surface area contributed by atoms with Gasteiger partial charge in [-0.1, -0.05) is 29.3 Å².